The number of hydrogen-bond donors (Lipinski definition) is 1. The molecule has 3 atom stereocenters. The monoisotopic (exact) mass is 244 g/mol. The maximum atomic E-state index is 12.2. The molecule has 16 heavy (non-hydrogen) atoms. The first-order chi connectivity index (χ1) is 7.08. The summed E-state index contributed by atoms with van der Waals surface area (Å²) in [7, 11) is 0. The third-order valence-corrected chi connectivity index (χ3v) is 4.51. The summed E-state index contributed by atoms with van der Waals surface area (Å²) in [6.45, 7) is 8.64. The summed E-state index contributed by atoms with van der Waals surface area (Å²) in [5.41, 5.74) is 0.285. The average molecular weight is 245 g/mol. The van der Waals surface area contributed by atoms with Gasteiger partial charge in [0, 0.05) is 32.1 Å². The van der Waals surface area contributed by atoms with Gasteiger partial charge in [-0.3, -0.25) is 4.79 Å². The Labute approximate surface area is 103 Å². The van der Waals surface area contributed by atoms with Crippen molar-refractivity contribution in [2.75, 3.05) is 26.2 Å². The van der Waals surface area contributed by atoms with E-state index in [4.69, 9.17) is 0 Å². The molecule has 3 fully saturated rings. The van der Waals surface area contributed by atoms with Crippen molar-refractivity contribution in [2.24, 2.45) is 23.2 Å². The Balaban J connectivity index is 0.000000963. The number of amides is 1. The van der Waals surface area contributed by atoms with Gasteiger partial charge >= 0.3 is 0 Å². The van der Waals surface area contributed by atoms with Gasteiger partial charge in [0.15, 0.2) is 0 Å². The van der Waals surface area contributed by atoms with Crippen molar-refractivity contribution < 1.29 is 4.79 Å². The van der Waals surface area contributed by atoms with Crippen LogP contribution in [-0.4, -0.2) is 37.0 Å². The third kappa shape index (κ3) is 1.84. The number of nitrogens with zero attached hydrogens (tertiary/aromatic N) is 1. The van der Waals surface area contributed by atoms with E-state index in [1.165, 1.54) is 0 Å². The second-order valence-corrected chi connectivity index (χ2v) is 6.17. The normalized spacial score (nSPS) is 39.1. The minimum absolute atomic E-state index is 0. The van der Waals surface area contributed by atoms with Gasteiger partial charge < -0.3 is 10.2 Å². The van der Waals surface area contributed by atoms with E-state index in [1.807, 2.05) is 0 Å². The van der Waals surface area contributed by atoms with E-state index in [0.717, 1.165) is 44.4 Å². The summed E-state index contributed by atoms with van der Waals surface area (Å²) in [4.78, 5) is 14.3. The molecule has 4 heteroatoms. The molecule has 0 bridgehead atoms. The minimum Gasteiger partial charge on any atom is -0.342 e. The van der Waals surface area contributed by atoms with Crippen LogP contribution < -0.4 is 5.32 Å². The zero-order valence-electron chi connectivity index (χ0n) is 10.0. The van der Waals surface area contributed by atoms with Crippen LogP contribution in [0.1, 0.15) is 20.3 Å². The van der Waals surface area contributed by atoms with Crippen molar-refractivity contribution >= 4 is 18.3 Å². The van der Waals surface area contributed by atoms with E-state index in [1.54, 1.807) is 0 Å². The molecule has 0 aromatic carbocycles. The van der Waals surface area contributed by atoms with Crippen LogP contribution >= 0.6 is 12.4 Å². The van der Waals surface area contributed by atoms with Crippen LogP contribution in [0.3, 0.4) is 0 Å². The lowest BCUT2D eigenvalue weighted by Gasteiger charge is -2.18. The summed E-state index contributed by atoms with van der Waals surface area (Å²) in [6, 6.07) is 0. The molecule has 1 amide bonds. The molecule has 0 radical (unpaired) electrons. The standard InChI is InChI=1S/C12H20N2O.ClH/c1-12(2)3-10(12)11(15)14-6-8-4-13-5-9(8)7-14;/h8-10,13H,3-7H2,1-2H3;1H/t8-,9+,10?;. The van der Waals surface area contributed by atoms with Gasteiger partial charge in [-0.1, -0.05) is 13.8 Å². The van der Waals surface area contributed by atoms with Crippen LogP contribution in [0.25, 0.3) is 0 Å². The van der Waals surface area contributed by atoms with Crippen molar-refractivity contribution in [1.82, 2.24) is 10.2 Å². The van der Waals surface area contributed by atoms with Crippen LogP contribution in [-0.2, 0) is 4.79 Å². The van der Waals surface area contributed by atoms with Crippen LogP contribution in [0.2, 0.25) is 0 Å². The Bertz CT molecular complexity index is 293. The first kappa shape index (κ1) is 12.2. The van der Waals surface area contributed by atoms with Crippen molar-refractivity contribution in [3.63, 3.8) is 0 Å². The van der Waals surface area contributed by atoms with E-state index >= 15 is 0 Å². The van der Waals surface area contributed by atoms with E-state index in [-0.39, 0.29) is 17.8 Å². The first-order valence-corrected chi connectivity index (χ1v) is 6.07. The molecule has 1 saturated carbocycles. The highest BCUT2D eigenvalue weighted by molar-refractivity contribution is 5.85. The summed E-state index contributed by atoms with van der Waals surface area (Å²) in [5.74, 6) is 2.21. The Kier molecular flexibility index (Phi) is 2.96. The second-order valence-electron chi connectivity index (χ2n) is 6.17. The molecule has 0 aromatic rings. The first-order valence-electron chi connectivity index (χ1n) is 6.07. The summed E-state index contributed by atoms with van der Waals surface area (Å²) >= 11 is 0. The summed E-state index contributed by atoms with van der Waals surface area (Å²) < 4.78 is 0. The largest absolute Gasteiger partial charge is 0.342 e. The average Bonchev–Trinajstić information content (AvgIpc) is 2.55. The van der Waals surface area contributed by atoms with Gasteiger partial charge in [-0.05, 0) is 23.7 Å². The van der Waals surface area contributed by atoms with Crippen LogP contribution in [0.5, 0.6) is 0 Å². The lowest BCUT2D eigenvalue weighted by Crippen LogP contribution is -2.33. The van der Waals surface area contributed by atoms with Crippen molar-refractivity contribution in [3.05, 3.63) is 0 Å². The molecule has 2 heterocycles. The molecule has 2 saturated heterocycles. The topological polar surface area (TPSA) is 32.3 Å². The third-order valence-electron chi connectivity index (χ3n) is 4.51. The molecule has 3 rings (SSSR count). The number of hydrogen-bond acceptors (Lipinski definition) is 2. The van der Waals surface area contributed by atoms with E-state index < -0.39 is 0 Å². The van der Waals surface area contributed by atoms with Crippen molar-refractivity contribution in [3.8, 4) is 0 Å². The van der Waals surface area contributed by atoms with E-state index in [0.29, 0.717) is 11.8 Å². The highest BCUT2D eigenvalue weighted by Gasteiger charge is 2.53. The van der Waals surface area contributed by atoms with Gasteiger partial charge in [-0.25, -0.2) is 0 Å². The maximum absolute atomic E-state index is 12.2. The van der Waals surface area contributed by atoms with Gasteiger partial charge in [0.1, 0.15) is 0 Å². The van der Waals surface area contributed by atoms with Crippen LogP contribution in [0.4, 0.5) is 0 Å². The van der Waals surface area contributed by atoms with Gasteiger partial charge in [0.25, 0.3) is 0 Å². The number of fused-ring (bicyclic) bond motifs is 1. The van der Waals surface area contributed by atoms with Crippen LogP contribution in [0, 0.1) is 23.2 Å². The Morgan fingerprint density at radius 3 is 2.19 bits per heavy atom. The fraction of sp³-hybridized carbons (Fsp3) is 0.917. The van der Waals surface area contributed by atoms with Gasteiger partial charge in [0.2, 0.25) is 5.91 Å². The molecular weight excluding hydrogens is 224 g/mol. The highest BCUT2D eigenvalue weighted by atomic mass is 35.5. The molecule has 2 aliphatic heterocycles. The molecule has 3 aliphatic rings. The number of halogens is 1. The number of likely N-dealkylation sites (tertiary alicyclic amines) is 1. The zero-order valence-corrected chi connectivity index (χ0v) is 10.8. The Hall–Kier alpha value is -0.280. The predicted molar refractivity (Wildman–Crippen MR) is 65.6 cm³/mol. The molecule has 92 valence electrons. The van der Waals surface area contributed by atoms with E-state index in [9.17, 15) is 4.79 Å². The van der Waals surface area contributed by atoms with Gasteiger partial charge in [-0.15, -0.1) is 12.4 Å². The van der Waals surface area contributed by atoms with Crippen LogP contribution in [0.15, 0.2) is 0 Å². The highest BCUT2D eigenvalue weighted by Crippen LogP contribution is 2.52. The predicted octanol–water partition coefficient (Wildman–Crippen LogP) is 1.13. The molecule has 1 unspecified atom stereocenters. The fourth-order valence-electron chi connectivity index (χ4n) is 3.14. The lowest BCUT2D eigenvalue weighted by atomic mass is 10.0. The summed E-state index contributed by atoms with van der Waals surface area (Å²) in [6.07, 6.45) is 1.09. The van der Waals surface area contributed by atoms with Gasteiger partial charge in [0.05, 0.1) is 0 Å². The van der Waals surface area contributed by atoms with Gasteiger partial charge in [-0.2, -0.15) is 0 Å². The fourth-order valence-corrected chi connectivity index (χ4v) is 3.14. The SMILES string of the molecule is CC1(C)CC1C(=O)N1C[C@H]2CNC[C@H]2C1.Cl. The Morgan fingerprint density at radius 1 is 1.25 bits per heavy atom. The molecular formula is C12H21ClN2O. The maximum Gasteiger partial charge on any atom is 0.226 e. The number of nitrogens with one attached hydrogen (secondary N) is 1. The van der Waals surface area contributed by atoms with Crippen molar-refractivity contribution in [2.45, 2.75) is 20.3 Å². The smallest absolute Gasteiger partial charge is 0.226 e. The molecule has 1 aliphatic carbocycles. The minimum atomic E-state index is 0. The number of rotatable bonds is 1. The molecule has 3 nitrogen and oxygen atoms in total. The Morgan fingerprint density at radius 2 is 1.75 bits per heavy atom. The molecule has 0 aromatic heterocycles. The molecule has 0 spiro atoms. The number of carbonyl (C=O) groups excluding carboxylic acids is 1. The zero-order chi connectivity index (χ0) is 10.6. The quantitative estimate of drug-likeness (QED) is 0.750. The number of carbonyl (C=O) groups is 1. The lowest BCUT2D eigenvalue weighted by molar-refractivity contribution is -0.132. The molecule has 1 N–H and O–H groups in total. The van der Waals surface area contributed by atoms with Crippen molar-refractivity contribution in [1.29, 1.82) is 0 Å². The van der Waals surface area contributed by atoms with E-state index in [2.05, 4.69) is 24.1 Å². The second kappa shape index (κ2) is 3.88. The summed E-state index contributed by atoms with van der Waals surface area (Å²) in [5, 5.41) is 3.41.